The SMILES string of the molecule is CNCC(C)C(=O)Nc1ccc(C(N)=O)c(N2CCCCC2)c1. The van der Waals surface area contributed by atoms with Crippen LogP contribution in [0.2, 0.25) is 0 Å². The molecule has 1 fully saturated rings. The maximum Gasteiger partial charge on any atom is 0.250 e. The molecule has 0 saturated carbocycles. The zero-order chi connectivity index (χ0) is 16.8. The van der Waals surface area contributed by atoms with Crippen molar-refractivity contribution in [2.45, 2.75) is 26.2 Å². The Hall–Kier alpha value is -2.08. The van der Waals surface area contributed by atoms with Crippen molar-refractivity contribution in [2.24, 2.45) is 11.7 Å². The molecule has 1 aromatic rings. The van der Waals surface area contributed by atoms with Gasteiger partial charge in [0, 0.05) is 31.2 Å². The highest BCUT2D eigenvalue weighted by atomic mass is 16.2. The van der Waals surface area contributed by atoms with Gasteiger partial charge in [0.05, 0.1) is 11.3 Å². The van der Waals surface area contributed by atoms with Gasteiger partial charge in [-0.1, -0.05) is 6.92 Å². The number of nitrogens with one attached hydrogen (secondary N) is 2. The van der Waals surface area contributed by atoms with Gasteiger partial charge in [-0.25, -0.2) is 0 Å². The first kappa shape index (κ1) is 17.3. The van der Waals surface area contributed by atoms with E-state index in [9.17, 15) is 9.59 Å². The zero-order valence-corrected chi connectivity index (χ0v) is 13.9. The summed E-state index contributed by atoms with van der Waals surface area (Å²) in [6.07, 6.45) is 3.42. The van der Waals surface area contributed by atoms with Crippen LogP contribution in [0.25, 0.3) is 0 Å². The van der Waals surface area contributed by atoms with Gasteiger partial charge in [0.25, 0.3) is 5.91 Å². The summed E-state index contributed by atoms with van der Waals surface area (Å²) >= 11 is 0. The van der Waals surface area contributed by atoms with Crippen molar-refractivity contribution in [3.05, 3.63) is 23.8 Å². The Bertz CT molecular complexity index is 568. The molecule has 0 aliphatic carbocycles. The van der Waals surface area contributed by atoms with Crippen LogP contribution in [-0.2, 0) is 4.79 Å². The van der Waals surface area contributed by atoms with E-state index in [-0.39, 0.29) is 11.8 Å². The Morgan fingerprint density at radius 3 is 2.57 bits per heavy atom. The minimum absolute atomic E-state index is 0.0456. The highest BCUT2D eigenvalue weighted by Gasteiger charge is 2.19. The van der Waals surface area contributed by atoms with Crippen LogP contribution in [0.5, 0.6) is 0 Å². The summed E-state index contributed by atoms with van der Waals surface area (Å²) in [5.74, 6) is -0.614. The fraction of sp³-hybridized carbons (Fsp3) is 0.529. The van der Waals surface area contributed by atoms with Crippen LogP contribution in [0.15, 0.2) is 18.2 Å². The summed E-state index contributed by atoms with van der Waals surface area (Å²) < 4.78 is 0. The number of carbonyl (C=O) groups is 2. The van der Waals surface area contributed by atoms with Gasteiger partial charge in [-0.2, -0.15) is 0 Å². The Morgan fingerprint density at radius 1 is 1.26 bits per heavy atom. The molecular formula is C17H26N4O2. The molecule has 4 N–H and O–H groups in total. The first-order chi connectivity index (χ1) is 11.0. The lowest BCUT2D eigenvalue weighted by Gasteiger charge is -2.30. The third-order valence-electron chi connectivity index (χ3n) is 4.19. The molecule has 1 aliphatic rings. The van der Waals surface area contributed by atoms with Gasteiger partial charge in [0.1, 0.15) is 0 Å². The normalized spacial score (nSPS) is 16.0. The Morgan fingerprint density at radius 2 is 1.96 bits per heavy atom. The van der Waals surface area contributed by atoms with E-state index in [4.69, 9.17) is 5.73 Å². The number of anilines is 2. The Balaban J connectivity index is 2.21. The summed E-state index contributed by atoms with van der Waals surface area (Å²) in [6.45, 7) is 4.31. The molecule has 1 atom stereocenters. The highest BCUT2D eigenvalue weighted by Crippen LogP contribution is 2.27. The molecule has 0 spiro atoms. The molecule has 1 heterocycles. The summed E-state index contributed by atoms with van der Waals surface area (Å²) in [7, 11) is 1.82. The van der Waals surface area contributed by atoms with Gasteiger partial charge < -0.3 is 21.3 Å². The van der Waals surface area contributed by atoms with Gasteiger partial charge in [-0.05, 0) is 44.5 Å². The molecule has 1 saturated heterocycles. The van der Waals surface area contributed by atoms with E-state index in [1.165, 1.54) is 6.42 Å². The van der Waals surface area contributed by atoms with Crippen LogP contribution in [0.4, 0.5) is 11.4 Å². The standard InChI is InChI=1S/C17H26N4O2/c1-12(11-19-2)17(23)20-13-6-7-14(16(18)22)15(10-13)21-8-4-3-5-9-21/h6-7,10,12,19H,3-5,8-9,11H2,1-2H3,(H2,18,22)(H,20,23). The molecule has 0 radical (unpaired) electrons. The predicted octanol–water partition coefficient (Wildman–Crippen LogP) is 1.57. The van der Waals surface area contributed by atoms with E-state index >= 15 is 0 Å². The largest absolute Gasteiger partial charge is 0.371 e. The number of hydrogen-bond donors (Lipinski definition) is 3. The van der Waals surface area contributed by atoms with Crippen molar-refractivity contribution in [1.29, 1.82) is 0 Å². The number of piperidine rings is 1. The topological polar surface area (TPSA) is 87.5 Å². The molecule has 126 valence electrons. The number of amides is 2. The highest BCUT2D eigenvalue weighted by molar-refractivity contribution is 6.00. The second-order valence-corrected chi connectivity index (χ2v) is 6.09. The number of primary amides is 1. The van der Waals surface area contributed by atoms with Gasteiger partial charge in [-0.3, -0.25) is 9.59 Å². The molecule has 6 nitrogen and oxygen atoms in total. The van der Waals surface area contributed by atoms with Crippen molar-refractivity contribution in [1.82, 2.24) is 5.32 Å². The van der Waals surface area contributed by atoms with E-state index in [1.54, 1.807) is 12.1 Å². The van der Waals surface area contributed by atoms with Crippen molar-refractivity contribution in [3.63, 3.8) is 0 Å². The van der Waals surface area contributed by atoms with Gasteiger partial charge in [0.15, 0.2) is 0 Å². The molecule has 0 aromatic heterocycles. The first-order valence-electron chi connectivity index (χ1n) is 8.17. The minimum Gasteiger partial charge on any atom is -0.371 e. The number of nitrogens with two attached hydrogens (primary N) is 1. The molecule has 0 bridgehead atoms. The molecule has 1 aromatic carbocycles. The predicted molar refractivity (Wildman–Crippen MR) is 92.7 cm³/mol. The second kappa shape index (κ2) is 7.97. The van der Waals surface area contributed by atoms with Gasteiger partial charge in [0.2, 0.25) is 5.91 Å². The maximum absolute atomic E-state index is 12.2. The molecule has 1 unspecified atom stereocenters. The number of carbonyl (C=O) groups excluding carboxylic acids is 2. The quantitative estimate of drug-likeness (QED) is 0.743. The van der Waals surface area contributed by atoms with E-state index in [0.29, 0.717) is 17.8 Å². The van der Waals surface area contributed by atoms with E-state index in [0.717, 1.165) is 31.6 Å². The lowest BCUT2D eigenvalue weighted by molar-refractivity contribution is -0.119. The number of nitrogens with zero attached hydrogens (tertiary/aromatic N) is 1. The fourth-order valence-electron chi connectivity index (χ4n) is 2.88. The molecule has 2 rings (SSSR count). The van der Waals surface area contributed by atoms with Crippen molar-refractivity contribution < 1.29 is 9.59 Å². The Labute approximate surface area is 137 Å². The molecule has 2 amide bonds. The molecular weight excluding hydrogens is 292 g/mol. The summed E-state index contributed by atoms with van der Waals surface area (Å²) in [4.78, 5) is 26.0. The minimum atomic E-state index is -0.438. The zero-order valence-electron chi connectivity index (χ0n) is 13.9. The van der Waals surface area contributed by atoms with Crippen LogP contribution in [0, 0.1) is 5.92 Å². The summed E-state index contributed by atoms with van der Waals surface area (Å²) in [5, 5.41) is 5.91. The van der Waals surface area contributed by atoms with Crippen molar-refractivity contribution in [3.8, 4) is 0 Å². The molecule has 23 heavy (non-hydrogen) atoms. The average molecular weight is 318 g/mol. The van der Waals surface area contributed by atoms with Gasteiger partial charge >= 0.3 is 0 Å². The van der Waals surface area contributed by atoms with Gasteiger partial charge in [-0.15, -0.1) is 0 Å². The fourth-order valence-corrected chi connectivity index (χ4v) is 2.88. The number of hydrogen-bond acceptors (Lipinski definition) is 4. The van der Waals surface area contributed by atoms with E-state index in [1.807, 2.05) is 20.0 Å². The smallest absolute Gasteiger partial charge is 0.250 e. The molecule has 1 aliphatic heterocycles. The third-order valence-corrected chi connectivity index (χ3v) is 4.19. The van der Waals surface area contributed by atoms with Crippen molar-refractivity contribution in [2.75, 3.05) is 36.9 Å². The van der Waals surface area contributed by atoms with Crippen LogP contribution in [0.1, 0.15) is 36.5 Å². The first-order valence-corrected chi connectivity index (χ1v) is 8.17. The lowest BCUT2D eigenvalue weighted by Crippen LogP contribution is -2.32. The van der Waals surface area contributed by atoms with E-state index in [2.05, 4.69) is 15.5 Å². The van der Waals surface area contributed by atoms with Crippen molar-refractivity contribution >= 4 is 23.2 Å². The maximum atomic E-state index is 12.2. The summed E-state index contributed by atoms with van der Waals surface area (Å²) in [5.41, 5.74) is 7.52. The number of rotatable bonds is 6. The average Bonchev–Trinajstić information content (AvgIpc) is 2.55. The van der Waals surface area contributed by atoms with E-state index < -0.39 is 5.91 Å². The summed E-state index contributed by atoms with van der Waals surface area (Å²) in [6, 6.07) is 5.29. The van der Waals surface area contributed by atoms with Crippen LogP contribution >= 0.6 is 0 Å². The van der Waals surface area contributed by atoms with Crippen LogP contribution in [0.3, 0.4) is 0 Å². The van der Waals surface area contributed by atoms with Crippen LogP contribution < -0.4 is 21.3 Å². The lowest BCUT2D eigenvalue weighted by atomic mass is 10.1. The second-order valence-electron chi connectivity index (χ2n) is 6.09. The third kappa shape index (κ3) is 4.45. The number of benzene rings is 1. The monoisotopic (exact) mass is 318 g/mol. The Kier molecular flexibility index (Phi) is 5.98. The molecule has 6 heteroatoms. The van der Waals surface area contributed by atoms with Crippen LogP contribution in [-0.4, -0.2) is 38.5 Å².